The zero-order chi connectivity index (χ0) is 13.4. The lowest BCUT2D eigenvalue weighted by Gasteiger charge is -2.04. The second kappa shape index (κ2) is 4.31. The van der Waals surface area contributed by atoms with Crippen molar-refractivity contribution < 1.29 is 4.79 Å². The summed E-state index contributed by atoms with van der Waals surface area (Å²) in [6, 6.07) is 7.60. The molecule has 0 aromatic carbocycles. The van der Waals surface area contributed by atoms with Gasteiger partial charge in [0.2, 0.25) is 5.78 Å². The fraction of sp³-hybridized carbons (Fsp3) is 0.133. The van der Waals surface area contributed by atoms with Gasteiger partial charge < -0.3 is 0 Å². The van der Waals surface area contributed by atoms with E-state index in [1.807, 2.05) is 44.3 Å². The molecule has 0 amide bonds. The highest BCUT2D eigenvalue weighted by atomic mass is 16.1. The van der Waals surface area contributed by atoms with Crippen molar-refractivity contribution in [3.05, 3.63) is 65.4 Å². The minimum absolute atomic E-state index is 0.101. The van der Waals surface area contributed by atoms with Crippen molar-refractivity contribution in [2.75, 3.05) is 0 Å². The fourth-order valence-corrected chi connectivity index (χ4v) is 2.17. The summed E-state index contributed by atoms with van der Waals surface area (Å²) in [7, 11) is 0. The Bertz CT molecular complexity index is 774. The Balaban J connectivity index is 2.13. The zero-order valence-corrected chi connectivity index (χ0v) is 10.8. The van der Waals surface area contributed by atoms with Crippen LogP contribution in [0.2, 0.25) is 0 Å². The Morgan fingerprint density at radius 1 is 1.16 bits per heavy atom. The molecule has 0 radical (unpaired) electrons. The zero-order valence-electron chi connectivity index (χ0n) is 10.8. The van der Waals surface area contributed by atoms with Crippen LogP contribution in [0, 0.1) is 13.8 Å². The summed E-state index contributed by atoms with van der Waals surface area (Å²) >= 11 is 0. The van der Waals surface area contributed by atoms with E-state index in [9.17, 15) is 4.79 Å². The van der Waals surface area contributed by atoms with Crippen LogP contribution in [0.4, 0.5) is 0 Å². The molecule has 3 aromatic heterocycles. The lowest BCUT2D eigenvalue weighted by atomic mass is 10.1. The smallest absolute Gasteiger partial charge is 0.229 e. The number of ketones is 1. The van der Waals surface area contributed by atoms with Gasteiger partial charge in [-0.3, -0.25) is 14.2 Å². The second-order valence-corrected chi connectivity index (χ2v) is 4.58. The molecule has 3 rings (SSSR count). The van der Waals surface area contributed by atoms with E-state index in [2.05, 4.69) is 9.97 Å². The average molecular weight is 251 g/mol. The number of rotatable bonds is 2. The molecule has 0 spiro atoms. The first-order valence-electron chi connectivity index (χ1n) is 6.07. The molecule has 0 saturated carbocycles. The van der Waals surface area contributed by atoms with Gasteiger partial charge in [-0.15, -0.1) is 0 Å². The minimum Gasteiger partial charge on any atom is -0.297 e. The van der Waals surface area contributed by atoms with Gasteiger partial charge in [0.1, 0.15) is 17.0 Å². The van der Waals surface area contributed by atoms with E-state index in [0.717, 1.165) is 16.8 Å². The molecule has 3 aromatic rings. The third kappa shape index (κ3) is 1.91. The van der Waals surface area contributed by atoms with Gasteiger partial charge in [-0.1, -0.05) is 12.1 Å². The summed E-state index contributed by atoms with van der Waals surface area (Å²) in [6.45, 7) is 3.86. The topological polar surface area (TPSA) is 47.3 Å². The monoisotopic (exact) mass is 251 g/mol. The number of pyridine rings is 2. The lowest BCUT2D eigenvalue weighted by Crippen LogP contribution is -2.09. The first-order valence-corrected chi connectivity index (χ1v) is 6.07. The molecule has 0 aliphatic heterocycles. The van der Waals surface area contributed by atoms with E-state index in [-0.39, 0.29) is 5.78 Å². The number of hydrogen-bond acceptors (Lipinski definition) is 3. The lowest BCUT2D eigenvalue weighted by molar-refractivity contribution is 0.102. The molecule has 0 atom stereocenters. The van der Waals surface area contributed by atoms with Crippen molar-refractivity contribution >= 4 is 11.4 Å². The van der Waals surface area contributed by atoms with E-state index in [0.29, 0.717) is 11.4 Å². The maximum absolute atomic E-state index is 12.5. The van der Waals surface area contributed by atoms with Crippen LogP contribution in [0.25, 0.3) is 5.65 Å². The predicted octanol–water partition coefficient (Wildman–Crippen LogP) is 2.58. The number of carbonyl (C=O) groups excluding carboxylic acids is 1. The van der Waals surface area contributed by atoms with Crippen LogP contribution in [0.1, 0.15) is 27.3 Å². The highest BCUT2D eigenvalue weighted by molar-refractivity contribution is 6.07. The fourth-order valence-electron chi connectivity index (χ4n) is 2.17. The minimum atomic E-state index is -0.101. The normalized spacial score (nSPS) is 10.8. The molecular formula is C15H13N3O. The molecule has 3 heterocycles. The number of hydrogen-bond donors (Lipinski definition) is 0. The standard InChI is InChI=1S/C15H13N3O/c1-10-7-11(2)14(17-8-10)15(19)12-9-16-13-5-3-4-6-18(12)13/h3-9H,1-2H3. The van der Waals surface area contributed by atoms with Crippen molar-refractivity contribution in [1.29, 1.82) is 0 Å². The highest BCUT2D eigenvalue weighted by Gasteiger charge is 2.17. The summed E-state index contributed by atoms with van der Waals surface area (Å²) < 4.78 is 1.78. The molecular weight excluding hydrogens is 238 g/mol. The Hall–Kier alpha value is -2.49. The predicted molar refractivity (Wildman–Crippen MR) is 72.3 cm³/mol. The number of carbonyl (C=O) groups is 1. The molecule has 0 N–H and O–H groups in total. The largest absolute Gasteiger partial charge is 0.297 e. The molecule has 0 aliphatic carbocycles. The molecule has 0 aliphatic rings. The number of nitrogens with zero attached hydrogens (tertiary/aromatic N) is 3. The van der Waals surface area contributed by atoms with Crippen LogP contribution >= 0.6 is 0 Å². The van der Waals surface area contributed by atoms with Crippen LogP contribution in [0.15, 0.2) is 42.9 Å². The molecule has 4 heteroatoms. The summed E-state index contributed by atoms with van der Waals surface area (Å²) in [5, 5.41) is 0. The Morgan fingerprint density at radius 3 is 2.79 bits per heavy atom. The number of imidazole rings is 1. The molecule has 0 saturated heterocycles. The van der Waals surface area contributed by atoms with Gasteiger partial charge in [-0.2, -0.15) is 0 Å². The van der Waals surface area contributed by atoms with Gasteiger partial charge >= 0.3 is 0 Å². The first kappa shape index (κ1) is 11.6. The molecule has 0 unspecified atom stereocenters. The van der Waals surface area contributed by atoms with E-state index in [4.69, 9.17) is 0 Å². The van der Waals surface area contributed by atoms with Crippen molar-refractivity contribution in [1.82, 2.24) is 14.4 Å². The van der Waals surface area contributed by atoms with Gasteiger partial charge in [-0.25, -0.2) is 4.98 Å². The van der Waals surface area contributed by atoms with E-state index in [1.54, 1.807) is 16.8 Å². The third-order valence-electron chi connectivity index (χ3n) is 3.08. The summed E-state index contributed by atoms with van der Waals surface area (Å²) in [6.07, 6.45) is 5.14. The van der Waals surface area contributed by atoms with Gasteiger partial charge in [0, 0.05) is 12.4 Å². The Labute approximate surface area is 110 Å². The molecule has 0 fully saturated rings. The number of fused-ring (bicyclic) bond motifs is 1. The van der Waals surface area contributed by atoms with Crippen LogP contribution < -0.4 is 0 Å². The Morgan fingerprint density at radius 2 is 2.00 bits per heavy atom. The van der Waals surface area contributed by atoms with Crippen LogP contribution in [-0.2, 0) is 0 Å². The van der Waals surface area contributed by atoms with E-state index >= 15 is 0 Å². The number of aromatic nitrogens is 3. The summed E-state index contributed by atoms with van der Waals surface area (Å²) in [5.74, 6) is -0.101. The van der Waals surface area contributed by atoms with E-state index in [1.165, 1.54) is 0 Å². The third-order valence-corrected chi connectivity index (χ3v) is 3.08. The summed E-state index contributed by atoms with van der Waals surface area (Å²) in [5.41, 5.74) is 3.71. The second-order valence-electron chi connectivity index (χ2n) is 4.58. The van der Waals surface area contributed by atoms with Crippen LogP contribution in [0.5, 0.6) is 0 Å². The van der Waals surface area contributed by atoms with Crippen molar-refractivity contribution in [3.63, 3.8) is 0 Å². The van der Waals surface area contributed by atoms with Gasteiger partial charge in [0.15, 0.2) is 0 Å². The molecule has 4 nitrogen and oxygen atoms in total. The Kier molecular flexibility index (Phi) is 2.63. The molecule has 94 valence electrons. The first-order chi connectivity index (χ1) is 9.16. The van der Waals surface area contributed by atoms with Crippen molar-refractivity contribution in [2.45, 2.75) is 13.8 Å². The van der Waals surface area contributed by atoms with Crippen LogP contribution in [-0.4, -0.2) is 20.2 Å². The quantitative estimate of drug-likeness (QED) is 0.658. The SMILES string of the molecule is Cc1cnc(C(=O)c2cnc3ccccn23)c(C)c1. The molecule has 0 bridgehead atoms. The average Bonchev–Trinajstić information content (AvgIpc) is 2.82. The summed E-state index contributed by atoms with van der Waals surface area (Å²) in [4.78, 5) is 21.0. The van der Waals surface area contributed by atoms with Crippen molar-refractivity contribution in [3.8, 4) is 0 Å². The number of aryl methyl sites for hydroxylation is 2. The van der Waals surface area contributed by atoms with Crippen LogP contribution in [0.3, 0.4) is 0 Å². The maximum Gasteiger partial charge on any atom is 0.229 e. The van der Waals surface area contributed by atoms with Gasteiger partial charge in [-0.05, 0) is 37.1 Å². The highest BCUT2D eigenvalue weighted by Crippen LogP contribution is 2.14. The van der Waals surface area contributed by atoms with Gasteiger partial charge in [0.05, 0.1) is 6.20 Å². The molecule has 19 heavy (non-hydrogen) atoms. The van der Waals surface area contributed by atoms with Gasteiger partial charge in [0.25, 0.3) is 0 Å². The van der Waals surface area contributed by atoms with E-state index < -0.39 is 0 Å². The maximum atomic E-state index is 12.5. The van der Waals surface area contributed by atoms with Crippen molar-refractivity contribution in [2.24, 2.45) is 0 Å².